The highest BCUT2D eigenvalue weighted by molar-refractivity contribution is 6.05. The van der Waals surface area contributed by atoms with Crippen LogP contribution in [-0.2, 0) is 4.79 Å². The molecular weight excluding hydrogens is 461 g/mol. The zero-order valence-electron chi connectivity index (χ0n) is 20.2. The Labute approximate surface area is 203 Å². The monoisotopic (exact) mass is 494 g/mol. The fourth-order valence-electron chi connectivity index (χ4n) is 5.19. The Kier molecular flexibility index (Phi) is 7.95. The maximum atomic E-state index is 13.8. The van der Waals surface area contributed by atoms with Gasteiger partial charge in [0.05, 0.1) is 5.52 Å². The SMILES string of the molecule is CC[C@@H]1CC(NC(=O)c2nn(C(F)F)c3ccc(F)cc23)CCN1CCN1CCN(C(C)=O)CC1. The molecule has 1 aromatic carbocycles. The Bertz CT molecular complexity index is 1050. The molecule has 2 saturated heterocycles. The molecule has 2 aliphatic heterocycles. The molecule has 0 saturated carbocycles. The fourth-order valence-corrected chi connectivity index (χ4v) is 5.19. The molecule has 0 aliphatic carbocycles. The number of nitrogens with zero attached hydrogens (tertiary/aromatic N) is 5. The fraction of sp³-hybridized carbons (Fsp3) is 0.625. The van der Waals surface area contributed by atoms with Crippen LogP contribution in [0.1, 0.15) is 50.1 Å². The summed E-state index contributed by atoms with van der Waals surface area (Å²) in [6, 6.07) is 3.55. The number of likely N-dealkylation sites (tertiary alicyclic amines) is 1. The normalized spacial score (nSPS) is 22.2. The molecule has 0 radical (unpaired) electrons. The van der Waals surface area contributed by atoms with Crippen LogP contribution in [0.2, 0.25) is 0 Å². The summed E-state index contributed by atoms with van der Waals surface area (Å²) in [6.07, 6.45) is 2.42. The molecule has 1 unspecified atom stereocenters. The molecule has 192 valence electrons. The highest BCUT2D eigenvalue weighted by atomic mass is 19.3. The van der Waals surface area contributed by atoms with Crippen molar-refractivity contribution in [1.29, 1.82) is 0 Å². The van der Waals surface area contributed by atoms with Gasteiger partial charge in [0, 0.05) is 70.2 Å². The minimum atomic E-state index is -2.93. The van der Waals surface area contributed by atoms with Crippen LogP contribution >= 0.6 is 0 Å². The minimum absolute atomic E-state index is 0.0249. The van der Waals surface area contributed by atoms with Crippen LogP contribution in [0.4, 0.5) is 13.2 Å². The van der Waals surface area contributed by atoms with Crippen molar-refractivity contribution in [1.82, 2.24) is 29.8 Å². The number of carbonyl (C=O) groups is 2. The number of fused-ring (bicyclic) bond motifs is 1. The van der Waals surface area contributed by atoms with Crippen LogP contribution in [0.3, 0.4) is 0 Å². The van der Waals surface area contributed by atoms with E-state index in [2.05, 4.69) is 27.1 Å². The zero-order chi connectivity index (χ0) is 25.1. The van der Waals surface area contributed by atoms with Gasteiger partial charge >= 0.3 is 6.55 Å². The molecule has 11 heteroatoms. The van der Waals surface area contributed by atoms with Gasteiger partial charge in [-0.05, 0) is 37.5 Å². The van der Waals surface area contributed by atoms with Crippen molar-refractivity contribution in [3.63, 3.8) is 0 Å². The quantitative estimate of drug-likeness (QED) is 0.641. The summed E-state index contributed by atoms with van der Waals surface area (Å²) in [5, 5.41) is 6.82. The van der Waals surface area contributed by atoms with Gasteiger partial charge in [-0.3, -0.25) is 19.4 Å². The second kappa shape index (κ2) is 10.9. The number of piperidine rings is 1. The van der Waals surface area contributed by atoms with Gasteiger partial charge in [-0.2, -0.15) is 13.9 Å². The number of aromatic nitrogens is 2. The van der Waals surface area contributed by atoms with Crippen LogP contribution in [-0.4, -0.2) is 94.2 Å². The third-order valence-electron chi connectivity index (χ3n) is 7.23. The van der Waals surface area contributed by atoms with Gasteiger partial charge in [-0.25, -0.2) is 9.07 Å². The van der Waals surface area contributed by atoms with E-state index in [-0.39, 0.29) is 28.5 Å². The van der Waals surface area contributed by atoms with Crippen molar-refractivity contribution in [3.8, 4) is 0 Å². The second-order valence-corrected chi connectivity index (χ2v) is 9.37. The van der Waals surface area contributed by atoms with Crippen molar-refractivity contribution in [3.05, 3.63) is 29.7 Å². The summed E-state index contributed by atoms with van der Waals surface area (Å²) in [7, 11) is 0. The molecule has 2 atom stereocenters. The van der Waals surface area contributed by atoms with E-state index in [1.807, 2.05) is 4.90 Å². The Morgan fingerprint density at radius 2 is 1.89 bits per heavy atom. The van der Waals surface area contributed by atoms with Crippen LogP contribution in [0.25, 0.3) is 10.9 Å². The number of piperazine rings is 1. The van der Waals surface area contributed by atoms with E-state index in [1.165, 1.54) is 6.07 Å². The number of benzene rings is 1. The number of carbonyl (C=O) groups excluding carboxylic acids is 2. The number of amides is 2. The van der Waals surface area contributed by atoms with Gasteiger partial charge in [0.2, 0.25) is 5.91 Å². The minimum Gasteiger partial charge on any atom is -0.348 e. The van der Waals surface area contributed by atoms with Crippen molar-refractivity contribution >= 4 is 22.7 Å². The molecule has 0 spiro atoms. The number of rotatable bonds is 7. The van der Waals surface area contributed by atoms with Crippen LogP contribution in [0, 0.1) is 5.82 Å². The van der Waals surface area contributed by atoms with Crippen molar-refractivity contribution in [2.45, 2.75) is 51.7 Å². The smallest absolute Gasteiger partial charge is 0.333 e. The van der Waals surface area contributed by atoms with E-state index in [4.69, 9.17) is 0 Å². The number of alkyl halides is 2. The molecular formula is C24H33F3N6O2. The highest BCUT2D eigenvalue weighted by Gasteiger charge is 2.30. The Hall–Kier alpha value is -2.66. The van der Waals surface area contributed by atoms with Crippen molar-refractivity contribution in [2.24, 2.45) is 0 Å². The van der Waals surface area contributed by atoms with E-state index in [0.29, 0.717) is 10.7 Å². The molecule has 35 heavy (non-hydrogen) atoms. The summed E-state index contributed by atoms with van der Waals surface area (Å²) in [5.41, 5.74) is -0.156. The maximum Gasteiger partial charge on any atom is 0.333 e. The van der Waals surface area contributed by atoms with E-state index < -0.39 is 18.3 Å². The Morgan fingerprint density at radius 1 is 1.14 bits per heavy atom. The Balaban J connectivity index is 1.34. The van der Waals surface area contributed by atoms with Gasteiger partial charge in [-0.15, -0.1) is 0 Å². The molecule has 1 aromatic heterocycles. The van der Waals surface area contributed by atoms with E-state index in [1.54, 1.807) is 6.92 Å². The second-order valence-electron chi connectivity index (χ2n) is 9.37. The lowest BCUT2D eigenvalue weighted by molar-refractivity contribution is -0.130. The maximum absolute atomic E-state index is 13.8. The molecule has 1 N–H and O–H groups in total. The summed E-state index contributed by atoms with van der Waals surface area (Å²) in [4.78, 5) is 31.2. The first-order chi connectivity index (χ1) is 16.8. The van der Waals surface area contributed by atoms with Crippen LogP contribution < -0.4 is 5.32 Å². The molecule has 8 nitrogen and oxygen atoms in total. The lowest BCUT2D eigenvalue weighted by atomic mass is 9.95. The van der Waals surface area contributed by atoms with Crippen molar-refractivity contribution in [2.75, 3.05) is 45.8 Å². The number of hydrogen-bond acceptors (Lipinski definition) is 5. The van der Waals surface area contributed by atoms with Crippen molar-refractivity contribution < 1.29 is 22.8 Å². The van der Waals surface area contributed by atoms with Gasteiger partial charge < -0.3 is 10.2 Å². The third kappa shape index (κ3) is 5.78. The summed E-state index contributed by atoms with van der Waals surface area (Å²) in [6.45, 7) is 6.75. The van der Waals surface area contributed by atoms with E-state index in [9.17, 15) is 22.8 Å². The summed E-state index contributed by atoms with van der Waals surface area (Å²) >= 11 is 0. The predicted octanol–water partition coefficient (Wildman–Crippen LogP) is 2.71. The molecule has 2 aliphatic rings. The molecule has 4 rings (SSSR count). The van der Waals surface area contributed by atoms with Gasteiger partial charge in [0.1, 0.15) is 5.82 Å². The van der Waals surface area contributed by atoms with Gasteiger partial charge in [0.15, 0.2) is 5.69 Å². The Morgan fingerprint density at radius 3 is 2.54 bits per heavy atom. The zero-order valence-corrected chi connectivity index (χ0v) is 20.2. The first kappa shape index (κ1) is 25.4. The number of halogens is 3. The highest BCUT2D eigenvalue weighted by Crippen LogP contribution is 2.26. The van der Waals surface area contributed by atoms with Gasteiger partial charge in [-0.1, -0.05) is 6.92 Å². The molecule has 2 amide bonds. The molecule has 3 heterocycles. The predicted molar refractivity (Wildman–Crippen MR) is 126 cm³/mol. The molecule has 2 fully saturated rings. The van der Waals surface area contributed by atoms with Crippen LogP contribution in [0.5, 0.6) is 0 Å². The summed E-state index contributed by atoms with van der Waals surface area (Å²) < 4.78 is 41.0. The first-order valence-electron chi connectivity index (χ1n) is 12.3. The van der Waals surface area contributed by atoms with Crippen LogP contribution in [0.15, 0.2) is 18.2 Å². The average Bonchev–Trinajstić information content (AvgIpc) is 3.22. The third-order valence-corrected chi connectivity index (χ3v) is 7.23. The van der Waals surface area contributed by atoms with E-state index in [0.717, 1.165) is 77.2 Å². The lowest BCUT2D eigenvalue weighted by Crippen LogP contribution is -2.53. The standard InChI is InChI=1S/C24H33F3N6O2/c1-3-19-15-18(6-7-32(19)13-10-30-8-11-31(12-9-30)16(2)34)28-23(35)22-20-14-17(25)4-5-21(20)33(29-22)24(26)27/h4-5,14,18-19,24H,3,6-13,15H2,1-2H3,(H,28,35)/t18?,19-/m1/s1. The molecule has 0 bridgehead atoms. The first-order valence-corrected chi connectivity index (χ1v) is 12.3. The number of nitrogens with one attached hydrogen (secondary N) is 1. The average molecular weight is 495 g/mol. The largest absolute Gasteiger partial charge is 0.348 e. The summed E-state index contributed by atoms with van der Waals surface area (Å²) in [5.74, 6) is -1.04. The molecule has 2 aromatic rings. The number of hydrogen-bond donors (Lipinski definition) is 1. The lowest BCUT2D eigenvalue weighted by Gasteiger charge is -2.41. The van der Waals surface area contributed by atoms with E-state index >= 15 is 0 Å². The van der Waals surface area contributed by atoms with Gasteiger partial charge in [0.25, 0.3) is 5.91 Å². The topological polar surface area (TPSA) is 73.7 Å².